The van der Waals surface area contributed by atoms with Gasteiger partial charge in [-0.15, -0.1) is 12.4 Å². The van der Waals surface area contributed by atoms with E-state index in [0.29, 0.717) is 49.8 Å². The fourth-order valence-corrected chi connectivity index (χ4v) is 5.67. The van der Waals surface area contributed by atoms with Crippen molar-refractivity contribution in [3.63, 3.8) is 0 Å². The van der Waals surface area contributed by atoms with E-state index in [4.69, 9.17) is 4.74 Å². The summed E-state index contributed by atoms with van der Waals surface area (Å²) in [6.45, 7) is 7.48. The highest BCUT2D eigenvalue weighted by Gasteiger charge is 2.45. The van der Waals surface area contributed by atoms with E-state index in [9.17, 15) is 14.4 Å². The lowest BCUT2D eigenvalue weighted by molar-refractivity contribution is -0.138. The van der Waals surface area contributed by atoms with Crippen molar-refractivity contribution in [3.05, 3.63) is 48.3 Å². The minimum atomic E-state index is -1.14. The van der Waals surface area contributed by atoms with Gasteiger partial charge in [-0.2, -0.15) is 0 Å². The molecule has 1 aromatic carbocycles. The SMILES string of the molecule is CCN1C(=O)C(C)(C)C(=O)N(C)c2cc(OCCCN(CCc3cccnc3)C(=O)C3CCCCC3)ccc21.Cl. The van der Waals surface area contributed by atoms with E-state index in [0.717, 1.165) is 37.7 Å². The Balaban J connectivity index is 0.00000441. The first kappa shape index (κ1) is 31.4. The van der Waals surface area contributed by atoms with E-state index in [2.05, 4.69) is 4.98 Å². The van der Waals surface area contributed by atoms with E-state index >= 15 is 0 Å². The lowest BCUT2D eigenvalue weighted by Gasteiger charge is -2.29. The van der Waals surface area contributed by atoms with Crippen LogP contribution in [0.1, 0.15) is 64.9 Å². The number of pyridine rings is 1. The summed E-state index contributed by atoms with van der Waals surface area (Å²) in [5.74, 6) is 0.572. The minimum absolute atomic E-state index is 0. The quantitative estimate of drug-likeness (QED) is 0.287. The predicted octanol–water partition coefficient (Wildman–Crippen LogP) is 5.28. The maximum Gasteiger partial charge on any atom is 0.242 e. The molecule has 0 atom stereocenters. The molecule has 1 saturated carbocycles. The van der Waals surface area contributed by atoms with Crippen molar-refractivity contribution in [1.29, 1.82) is 0 Å². The minimum Gasteiger partial charge on any atom is -0.493 e. The molecule has 0 spiro atoms. The van der Waals surface area contributed by atoms with Crippen LogP contribution in [0, 0.1) is 11.3 Å². The molecule has 0 saturated heterocycles. The Hall–Kier alpha value is -3.13. The number of rotatable bonds is 10. The number of carbonyl (C=O) groups excluding carboxylic acids is 3. The standard InChI is InChI=1S/C31H42N4O4.ClH/c1-5-35-26-15-14-25(21-27(26)33(4)29(37)31(2,3)30(35)38)39-20-10-18-34(19-16-23-11-9-17-32-22-23)28(36)24-12-7-6-8-13-24;/h9,11,14-15,17,21-22,24H,5-8,10,12-13,16,18-20H2,1-4H3;1H. The number of fused-ring (bicyclic) bond motifs is 1. The highest BCUT2D eigenvalue weighted by Crippen LogP contribution is 2.40. The summed E-state index contributed by atoms with van der Waals surface area (Å²) in [5.41, 5.74) is 1.34. The Morgan fingerprint density at radius 3 is 2.50 bits per heavy atom. The largest absolute Gasteiger partial charge is 0.493 e. The molecule has 1 aliphatic carbocycles. The number of aromatic nitrogens is 1. The van der Waals surface area contributed by atoms with E-state index in [1.54, 1.807) is 36.9 Å². The van der Waals surface area contributed by atoms with Gasteiger partial charge in [0.2, 0.25) is 17.7 Å². The van der Waals surface area contributed by atoms with Crippen molar-refractivity contribution in [2.24, 2.45) is 11.3 Å². The third kappa shape index (κ3) is 6.95. The topological polar surface area (TPSA) is 83.1 Å². The maximum atomic E-state index is 13.4. The van der Waals surface area contributed by atoms with Gasteiger partial charge in [0.1, 0.15) is 11.2 Å². The molecule has 1 aliphatic heterocycles. The monoisotopic (exact) mass is 570 g/mol. The van der Waals surface area contributed by atoms with Gasteiger partial charge in [-0.3, -0.25) is 19.4 Å². The van der Waals surface area contributed by atoms with Gasteiger partial charge in [0.15, 0.2) is 0 Å². The molecule has 0 bridgehead atoms. The zero-order chi connectivity index (χ0) is 28.0. The number of amides is 3. The predicted molar refractivity (Wildman–Crippen MR) is 160 cm³/mol. The maximum absolute atomic E-state index is 13.4. The smallest absolute Gasteiger partial charge is 0.242 e. The molecule has 0 N–H and O–H groups in total. The number of hydrogen-bond acceptors (Lipinski definition) is 5. The molecule has 0 unspecified atom stereocenters. The first-order valence-electron chi connectivity index (χ1n) is 14.3. The normalized spacial score (nSPS) is 17.1. The van der Waals surface area contributed by atoms with Crippen LogP contribution >= 0.6 is 12.4 Å². The van der Waals surface area contributed by atoms with Gasteiger partial charge in [-0.25, -0.2) is 0 Å². The van der Waals surface area contributed by atoms with E-state index in [-0.39, 0.29) is 36.0 Å². The lowest BCUT2D eigenvalue weighted by Crippen LogP contribution is -2.47. The summed E-state index contributed by atoms with van der Waals surface area (Å²) in [6.07, 6.45) is 10.5. The summed E-state index contributed by atoms with van der Waals surface area (Å²) in [7, 11) is 1.70. The van der Waals surface area contributed by atoms with E-state index in [1.807, 2.05) is 48.4 Å². The number of anilines is 2. The number of halogens is 1. The number of benzene rings is 1. The molecule has 1 fully saturated rings. The van der Waals surface area contributed by atoms with Gasteiger partial charge in [0, 0.05) is 51.1 Å². The Kier molecular flexibility index (Phi) is 11.0. The molecular weight excluding hydrogens is 528 g/mol. The Labute approximate surface area is 244 Å². The summed E-state index contributed by atoms with van der Waals surface area (Å²) in [6, 6.07) is 9.51. The highest BCUT2D eigenvalue weighted by atomic mass is 35.5. The summed E-state index contributed by atoms with van der Waals surface area (Å²) < 4.78 is 6.09. The molecule has 0 radical (unpaired) electrons. The van der Waals surface area contributed by atoms with Crippen LogP contribution in [0.3, 0.4) is 0 Å². The van der Waals surface area contributed by atoms with Crippen LogP contribution in [-0.2, 0) is 20.8 Å². The zero-order valence-corrected chi connectivity index (χ0v) is 25.0. The van der Waals surface area contributed by atoms with Crippen molar-refractivity contribution in [3.8, 4) is 5.75 Å². The van der Waals surface area contributed by atoms with Crippen LogP contribution in [0.15, 0.2) is 42.7 Å². The summed E-state index contributed by atoms with van der Waals surface area (Å²) in [4.78, 5) is 49.0. The van der Waals surface area contributed by atoms with Gasteiger partial charge in [-0.1, -0.05) is 25.3 Å². The second-order valence-electron chi connectivity index (χ2n) is 11.2. The van der Waals surface area contributed by atoms with Crippen LogP contribution in [0.25, 0.3) is 0 Å². The second-order valence-corrected chi connectivity index (χ2v) is 11.2. The van der Waals surface area contributed by atoms with E-state index in [1.165, 1.54) is 6.42 Å². The molecule has 2 aromatic rings. The summed E-state index contributed by atoms with van der Waals surface area (Å²) >= 11 is 0. The van der Waals surface area contributed by atoms with Gasteiger partial charge in [0.25, 0.3) is 0 Å². The average Bonchev–Trinajstić information content (AvgIpc) is 3.01. The number of nitrogens with zero attached hydrogens (tertiary/aromatic N) is 4. The van der Waals surface area contributed by atoms with Crippen molar-refractivity contribution >= 4 is 41.5 Å². The molecule has 9 heteroatoms. The average molecular weight is 571 g/mol. The molecule has 1 aromatic heterocycles. The molecular formula is C31H43ClN4O4. The first-order chi connectivity index (χ1) is 18.7. The van der Waals surface area contributed by atoms with E-state index < -0.39 is 5.41 Å². The van der Waals surface area contributed by atoms with Crippen molar-refractivity contribution < 1.29 is 19.1 Å². The molecule has 218 valence electrons. The van der Waals surface area contributed by atoms with Gasteiger partial charge in [0.05, 0.1) is 18.0 Å². The van der Waals surface area contributed by atoms with Crippen molar-refractivity contribution in [2.45, 2.75) is 65.7 Å². The molecule has 3 amide bonds. The molecule has 2 aliphatic rings. The number of ether oxygens (including phenoxy) is 1. The third-order valence-electron chi connectivity index (χ3n) is 8.03. The van der Waals surface area contributed by atoms with Crippen LogP contribution in [0.5, 0.6) is 5.75 Å². The second kappa shape index (κ2) is 14.0. The number of carbonyl (C=O) groups is 3. The lowest BCUT2D eigenvalue weighted by atomic mass is 9.88. The van der Waals surface area contributed by atoms with Gasteiger partial charge >= 0.3 is 0 Å². The Morgan fingerprint density at radius 2 is 1.82 bits per heavy atom. The molecule has 2 heterocycles. The van der Waals surface area contributed by atoms with Crippen molar-refractivity contribution in [1.82, 2.24) is 9.88 Å². The zero-order valence-electron chi connectivity index (χ0n) is 24.2. The molecule has 4 rings (SSSR count). The van der Waals surface area contributed by atoms with Crippen LogP contribution in [-0.4, -0.2) is 60.9 Å². The highest BCUT2D eigenvalue weighted by molar-refractivity contribution is 6.20. The van der Waals surface area contributed by atoms with Crippen molar-refractivity contribution in [2.75, 3.05) is 43.1 Å². The third-order valence-corrected chi connectivity index (χ3v) is 8.03. The fraction of sp³-hybridized carbons (Fsp3) is 0.548. The van der Waals surface area contributed by atoms with Crippen LogP contribution in [0.2, 0.25) is 0 Å². The first-order valence-corrected chi connectivity index (χ1v) is 14.3. The Morgan fingerprint density at radius 1 is 1.07 bits per heavy atom. The Bertz CT molecular complexity index is 1170. The summed E-state index contributed by atoms with van der Waals surface area (Å²) in [5, 5.41) is 0. The van der Waals surface area contributed by atoms with Crippen LogP contribution in [0.4, 0.5) is 11.4 Å². The molecule has 40 heavy (non-hydrogen) atoms. The number of hydrogen-bond donors (Lipinski definition) is 0. The van der Waals surface area contributed by atoms with Gasteiger partial charge in [-0.05, 0) is 70.2 Å². The molecule has 8 nitrogen and oxygen atoms in total. The van der Waals surface area contributed by atoms with Crippen LogP contribution < -0.4 is 14.5 Å². The van der Waals surface area contributed by atoms with Gasteiger partial charge < -0.3 is 19.4 Å². The fourth-order valence-electron chi connectivity index (χ4n) is 5.67.